The number of hydrogen-bond acceptors (Lipinski definition) is 5. The number of carbonyl (C=O) groups excluding carboxylic acids is 2. The van der Waals surface area contributed by atoms with Gasteiger partial charge in [0.05, 0.1) is 27.2 Å². The van der Waals surface area contributed by atoms with E-state index in [0.29, 0.717) is 35.2 Å². The van der Waals surface area contributed by atoms with Gasteiger partial charge in [0, 0.05) is 25.2 Å². The fraction of sp³-hybridized carbons (Fsp3) is 0.286. The van der Waals surface area contributed by atoms with Crippen LogP contribution in [0.4, 0.5) is 0 Å². The van der Waals surface area contributed by atoms with Crippen molar-refractivity contribution in [2.24, 2.45) is 0 Å². The van der Waals surface area contributed by atoms with Gasteiger partial charge in [-0.3, -0.25) is 9.59 Å². The standard InChI is InChI=1S/C28H31ClN2O5/c1-34-16-15-30-28(33)27(22-7-5-4-6-8-22)31(19-20-9-12-23(29)13-10-20)26(32)18-21-11-14-24(35-2)25(17-21)36-3/h4-14,17,27H,15-16,18-19H2,1-3H3,(H,30,33)/t27-/m0/s1. The SMILES string of the molecule is COCCNC(=O)[C@H](c1ccccc1)N(Cc1ccc(Cl)cc1)C(=O)Cc1ccc(OC)c(OC)c1. The van der Waals surface area contributed by atoms with Crippen molar-refractivity contribution in [1.82, 2.24) is 10.2 Å². The summed E-state index contributed by atoms with van der Waals surface area (Å²) in [5.41, 5.74) is 2.30. The van der Waals surface area contributed by atoms with E-state index < -0.39 is 6.04 Å². The fourth-order valence-electron chi connectivity index (χ4n) is 3.86. The lowest BCUT2D eigenvalue weighted by molar-refractivity contribution is -0.141. The van der Waals surface area contributed by atoms with E-state index in [4.69, 9.17) is 25.8 Å². The molecule has 0 aliphatic rings. The molecule has 3 rings (SSSR count). The molecule has 0 spiro atoms. The van der Waals surface area contributed by atoms with Crippen LogP contribution in [-0.2, 0) is 27.3 Å². The highest BCUT2D eigenvalue weighted by atomic mass is 35.5. The van der Waals surface area contributed by atoms with Crippen molar-refractivity contribution in [3.05, 3.63) is 94.5 Å². The number of rotatable bonds is 12. The molecule has 1 atom stereocenters. The molecule has 8 heteroatoms. The van der Waals surface area contributed by atoms with Gasteiger partial charge in [-0.1, -0.05) is 60.1 Å². The Kier molecular flexibility index (Phi) is 10.2. The van der Waals surface area contributed by atoms with Gasteiger partial charge in [-0.05, 0) is 41.0 Å². The maximum Gasteiger partial charge on any atom is 0.247 e. The van der Waals surface area contributed by atoms with E-state index in [1.807, 2.05) is 48.5 Å². The predicted molar refractivity (Wildman–Crippen MR) is 139 cm³/mol. The third-order valence-corrected chi connectivity index (χ3v) is 5.92. The third kappa shape index (κ3) is 7.23. The van der Waals surface area contributed by atoms with Gasteiger partial charge in [0.25, 0.3) is 0 Å². The van der Waals surface area contributed by atoms with Crippen LogP contribution in [0, 0.1) is 0 Å². The van der Waals surface area contributed by atoms with Gasteiger partial charge in [0.2, 0.25) is 11.8 Å². The van der Waals surface area contributed by atoms with Crippen molar-refractivity contribution < 1.29 is 23.8 Å². The topological polar surface area (TPSA) is 77.1 Å². The number of carbonyl (C=O) groups is 2. The van der Waals surface area contributed by atoms with E-state index >= 15 is 0 Å². The van der Waals surface area contributed by atoms with E-state index in [1.54, 1.807) is 50.5 Å². The number of benzene rings is 3. The molecule has 0 unspecified atom stereocenters. The summed E-state index contributed by atoms with van der Waals surface area (Å²) in [6.07, 6.45) is 0.0721. The average molecular weight is 511 g/mol. The molecule has 0 bridgehead atoms. The van der Waals surface area contributed by atoms with Gasteiger partial charge in [0.1, 0.15) is 6.04 Å². The Morgan fingerprint density at radius 3 is 2.19 bits per heavy atom. The van der Waals surface area contributed by atoms with Gasteiger partial charge in [-0.15, -0.1) is 0 Å². The first-order valence-electron chi connectivity index (χ1n) is 11.5. The third-order valence-electron chi connectivity index (χ3n) is 5.67. The van der Waals surface area contributed by atoms with Crippen LogP contribution in [-0.4, -0.2) is 51.2 Å². The Bertz CT molecular complexity index is 1140. The smallest absolute Gasteiger partial charge is 0.247 e. The first-order valence-corrected chi connectivity index (χ1v) is 11.9. The summed E-state index contributed by atoms with van der Waals surface area (Å²) in [6.45, 7) is 0.919. The highest BCUT2D eigenvalue weighted by molar-refractivity contribution is 6.30. The highest BCUT2D eigenvalue weighted by Crippen LogP contribution is 2.29. The monoisotopic (exact) mass is 510 g/mol. The minimum Gasteiger partial charge on any atom is -0.493 e. The van der Waals surface area contributed by atoms with E-state index in [2.05, 4.69) is 5.32 Å². The summed E-state index contributed by atoms with van der Waals surface area (Å²) < 4.78 is 15.8. The second kappa shape index (κ2) is 13.5. The molecule has 3 aromatic rings. The molecule has 0 aliphatic heterocycles. The van der Waals surface area contributed by atoms with E-state index in [-0.39, 0.29) is 24.8 Å². The second-order valence-electron chi connectivity index (χ2n) is 8.11. The molecule has 0 saturated carbocycles. The van der Waals surface area contributed by atoms with Crippen LogP contribution >= 0.6 is 11.6 Å². The Balaban J connectivity index is 1.98. The highest BCUT2D eigenvalue weighted by Gasteiger charge is 2.31. The lowest BCUT2D eigenvalue weighted by Crippen LogP contribution is -2.44. The minimum absolute atomic E-state index is 0.0721. The van der Waals surface area contributed by atoms with Crippen molar-refractivity contribution in [3.63, 3.8) is 0 Å². The van der Waals surface area contributed by atoms with Crippen LogP contribution in [0.25, 0.3) is 0 Å². The molecule has 1 N–H and O–H groups in total. The summed E-state index contributed by atoms with van der Waals surface area (Å²) in [6, 6.07) is 21.0. The number of ether oxygens (including phenoxy) is 3. The zero-order valence-corrected chi connectivity index (χ0v) is 21.5. The quantitative estimate of drug-likeness (QED) is 0.365. The van der Waals surface area contributed by atoms with Gasteiger partial charge >= 0.3 is 0 Å². The van der Waals surface area contributed by atoms with Crippen molar-refractivity contribution in [2.75, 3.05) is 34.5 Å². The van der Waals surface area contributed by atoms with Crippen molar-refractivity contribution in [1.29, 1.82) is 0 Å². The van der Waals surface area contributed by atoms with Gasteiger partial charge in [-0.2, -0.15) is 0 Å². The molecule has 0 aliphatic carbocycles. The molecular formula is C28H31ClN2O5. The molecule has 0 heterocycles. The average Bonchev–Trinajstić information content (AvgIpc) is 2.90. The largest absolute Gasteiger partial charge is 0.493 e. The number of methoxy groups -OCH3 is 3. The van der Waals surface area contributed by atoms with Crippen LogP contribution in [0.2, 0.25) is 5.02 Å². The predicted octanol–water partition coefficient (Wildman–Crippen LogP) is 4.43. The molecule has 0 radical (unpaired) electrons. The first kappa shape index (κ1) is 27.0. The van der Waals surface area contributed by atoms with Crippen LogP contribution < -0.4 is 14.8 Å². The molecule has 36 heavy (non-hydrogen) atoms. The van der Waals surface area contributed by atoms with E-state index in [0.717, 1.165) is 11.1 Å². The van der Waals surface area contributed by atoms with Crippen molar-refractivity contribution in [3.8, 4) is 11.5 Å². The zero-order chi connectivity index (χ0) is 25.9. The summed E-state index contributed by atoms with van der Waals surface area (Å²) in [5, 5.41) is 3.49. The van der Waals surface area contributed by atoms with Crippen molar-refractivity contribution >= 4 is 23.4 Å². The summed E-state index contributed by atoms with van der Waals surface area (Å²) in [7, 11) is 4.68. The van der Waals surface area contributed by atoms with Crippen LogP contribution in [0.1, 0.15) is 22.7 Å². The Labute approximate surface area is 216 Å². The van der Waals surface area contributed by atoms with Crippen molar-refractivity contribution in [2.45, 2.75) is 19.0 Å². The van der Waals surface area contributed by atoms with Gasteiger partial charge < -0.3 is 24.4 Å². The number of hydrogen-bond donors (Lipinski definition) is 1. The minimum atomic E-state index is -0.841. The lowest BCUT2D eigenvalue weighted by atomic mass is 10.0. The molecule has 2 amide bonds. The van der Waals surface area contributed by atoms with Gasteiger partial charge in [-0.25, -0.2) is 0 Å². The number of halogens is 1. The van der Waals surface area contributed by atoms with Gasteiger partial charge in [0.15, 0.2) is 11.5 Å². The van der Waals surface area contributed by atoms with E-state index in [9.17, 15) is 9.59 Å². The zero-order valence-electron chi connectivity index (χ0n) is 20.7. The van der Waals surface area contributed by atoms with E-state index in [1.165, 1.54) is 0 Å². The normalized spacial score (nSPS) is 11.4. The second-order valence-corrected chi connectivity index (χ2v) is 8.55. The number of amides is 2. The summed E-state index contributed by atoms with van der Waals surface area (Å²) >= 11 is 6.07. The summed E-state index contributed by atoms with van der Waals surface area (Å²) in [4.78, 5) is 28.8. The Morgan fingerprint density at radius 2 is 1.56 bits per heavy atom. The van der Waals surface area contributed by atoms with Crippen LogP contribution in [0.5, 0.6) is 11.5 Å². The maximum absolute atomic E-state index is 13.8. The first-order chi connectivity index (χ1) is 17.5. The molecule has 7 nitrogen and oxygen atoms in total. The maximum atomic E-state index is 13.8. The molecule has 0 saturated heterocycles. The molecule has 0 fully saturated rings. The molecule has 0 aromatic heterocycles. The number of nitrogens with one attached hydrogen (secondary N) is 1. The summed E-state index contributed by atoms with van der Waals surface area (Å²) in [5.74, 6) is 0.608. The van der Waals surface area contributed by atoms with Crippen LogP contribution in [0.15, 0.2) is 72.8 Å². The number of nitrogens with zero attached hydrogens (tertiary/aromatic N) is 1. The Hall–Kier alpha value is -3.55. The van der Waals surface area contributed by atoms with Crippen LogP contribution in [0.3, 0.4) is 0 Å². The molecular weight excluding hydrogens is 480 g/mol. The fourth-order valence-corrected chi connectivity index (χ4v) is 3.98. The molecule has 3 aromatic carbocycles. The lowest BCUT2D eigenvalue weighted by Gasteiger charge is -2.32. The Morgan fingerprint density at radius 1 is 0.889 bits per heavy atom. The molecule has 190 valence electrons.